The predicted molar refractivity (Wildman–Crippen MR) is 99.8 cm³/mol. The van der Waals surface area contributed by atoms with Gasteiger partial charge in [-0.1, -0.05) is 60.7 Å². The van der Waals surface area contributed by atoms with Gasteiger partial charge in [-0.05, 0) is 35.0 Å². The molecule has 0 radical (unpaired) electrons. The van der Waals surface area contributed by atoms with Crippen LogP contribution in [0.25, 0.3) is 21.5 Å². The molecule has 0 aliphatic heterocycles. The second-order valence-corrected chi connectivity index (χ2v) is 14.5. The Morgan fingerprint density at radius 3 is 1.50 bits per heavy atom. The summed E-state index contributed by atoms with van der Waals surface area (Å²) >= 11 is -6.62. The van der Waals surface area contributed by atoms with Gasteiger partial charge in [-0.3, -0.25) is 0 Å². The summed E-state index contributed by atoms with van der Waals surface area (Å²) in [5.41, 5.74) is 0. The molecule has 2 N–H and O–H groups in total. The summed E-state index contributed by atoms with van der Waals surface area (Å²) in [5.74, 6) is 0. The molecule has 0 fully saturated rings. The number of hydrogen-bond acceptors (Lipinski definition) is 5. The molecule has 0 saturated heterocycles. The Labute approximate surface area is 186 Å². The molecule has 0 aromatic heterocycles. The van der Waals surface area contributed by atoms with Crippen molar-refractivity contribution in [1.82, 2.24) is 0 Å². The first kappa shape index (κ1) is 23.2. The van der Waals surface area contributed by atoms with Crippen molar-refractivity contribution in [2.24, 2.45) is 0 Å². The minimum atomic E-state index is -6.44. The van der Waals surface area contributed by atoms with Crippen molar-refractivity contribution < 1.29 is 66.0 Å². The van der Waals surface area contributed by atoms with Crippen LogP contribution in [0.2, 0.25) is 0 Å². The van der Waals surface area contributed by atoms with Crippen LogP contribution in [-0.4, -0.2) is 9.79 Å². The first-order valence-corrected chi connectivity index (χ1v) is 16.9. The van der Waals surface area contributed by atoms with Gasteiger partial charge in [0.1, 0.15) is 0 Å². The van der Waals surface area contributed by atoms with E-state index in [0.717, 1.165) is 0 Å². The third-order valence-electron chi connectivity index (χ3n) is 3.86. The van der Waals surface area contributed by atoms with Crippen LogP contribution in [0.1, 0.15) is 0 Å². The molecular formula is C20H16IO7PW. The zero-order chi connectivity index (χ0) is 21.8. The molecular weight excluding hydrogens is 694 g/mol. The Morgan fingerprint density at radius 1 is 0.733 bits per heavy atom. The van der Waals surface area contributed by atoms with Gasteiger partial charge < -0.3 is 0 Å². The van der Waals surface area contributed by atoms with E-state index in [1.54, 1.807) is 0 Å². The van der Waals surface area contributed by atoms with Crippen LogP contribution in [0.3, 0.4) is 0 Å². The van der Waals surface area contributed by atoms with Gasteiger partial charge in [0.2, 0.25) is 7.14 Å². The van der Waals surface area contributed by atoms with E-state index in [1.807, 2.05) is 0 Å². The molecule has 0 spiro atoms. The van der Waals surface area contributed by atoms with Crippen molar-refractivity contribution >= 4 is 29.4 Å². The average molecular weight is 710 g/mol. The molecule has 30 heavy (non-hydrogen) atoms. The SMILES string of the molecule is O=P(O)(O)[O][W](=[O])(=[O])[O-].c1ccc2c([I+]c3cccc4ccccc34)cccc2c1. The molecule has 0 bridgehead atoms. The maximum atomic E-state index is 9.57. The second kappa shape index (κ2) is 9.74. The largest absolute Gasteiger partial charge is 0.359 e. The van der Waals surface area contributed by atoms with Crippen LogP contribution in [0.4, 0.5) is 0 Å². The predicted octanol–water partition coefficient (Wildman–Crippen LogP) is 0.252. The minimum Gasteiger partial charge on any atom is -0.0616 e. The summed E-state index contributed by atoms with van der Waals surface area (Å²) in [6, 6.07) is 30.7. The van der Waals surface area contributed by atoms with Gasteiger partial charge in [-0.2, -0.15) is 0 Å². The third kappa shape index (κ3) is 6.75. The second-order valence-electron chi connectivity index (χ2n) is 5.99. The molecule has 0 amide bonds. The van der Waals surface area contributed by atoms with Gasteiger partial charge in [-0.25, -0.2) is 0 Å². The van der Waals surface area contributed by atoms with E-state index >= 15 is 0 Å². The molecule has 7 nitrogen and oxygen atoms in total. The smallest absolute Gasteiger partial charge is 0.0616 e. The van der Waals surface area contributed by atoms with Crippen molar-refractivity contribution in [2.45, 2.75) is 0 Å². The van der Waals surface area contributed by atoms with E-state index < -0.39 is 24.6 Å². The van der Waals surface area contributed by atoms with Gasteiger partial charge in [0, 0.05) is 10.8 Å². The van der Waals surface area contributed by atoms with Crippen LogP contribution < -0.4 is 25.0 Å². The third-order valence-corrected chi connectivity index (χ3v) is 11.3. The Kier molecular flexibility index (Phi) is 7.52. The van der Waals surface area contributed by atoms with Crippen molar-refractivity contribution in [3.05, 3.63) is 92.1 Å². The van der Waals surface area contributed by atoms with E-state index in [-0.39, 0.29) is 21.2 Å². The molecule has 0 aliphatic rings. The van der Waals surface area contributed by atoms with Crippen LogP contribution in [0, 0.1) is 7.14 Å². The Morgan fingerprint density at radius 2 is 1.13 bits per heavy atom. The number of rotatable bonds is 4. The topological polar surface area (TPSA) is 124 Å². The summed E-state index contributed by atoms with van der Waals surface area (Å²) < 4.78 is 43.9. The first-order valence-electron chi connectivity index (χ1n) is 8.45. The fourth-order valence-corrected chi connectivity index (χ4v) is 8.53. The van der Waals surface area contributed by atoms with E-state index in [2.05, 4.69) is 88.1 Å². The molecule has 4 rings (SSSR count). The molecule has 0 heterocycles. The molecule has 0 unspecified atom stereocenters. The summed E-state index contributed by atoms with van der Waals surface area (Å²) in [4.78, 5) is 15.4. The summed E-state index contributed by atoms with van der Waals surface area (Å²) in [6.45, 7) is 0. The van der Waals surface area contributed by atoms with Crippen LogP contribution in [0.5, 0.6) is 0 Å². The van der Waals surface area contributed by atoms with E-state index in [0.29, 0.717) is 0 Å². The number of halogens is 1. The van der Waals surface area contributed by atoms with Crippen LogP contribution in [-0.2, 0) is 31.3 Å². The van der Waals surface area contributed by atoms with E-state index in [4.69, 9.17) is 9.79 Å². The molecule has 10 heteroatoms. The van der Waals surface area contributed by atoms with Crippen molar-refractivity contribution in [1.29, 1.82) is 0 Å². The maximum absolute atomic E-state index is 9.57. The number of hydrogen-bond donors (Lipinski definition) is 2. The summed E-state index contributed by atoms with van der Waals surface area (Å²) in [6.07, 6.45) is 0. The van der Waals surface area contributed by atoms with Crippen molar-refractivity contribution in [3.63, 3.8) is 0 Å². The zero-order valence-corrected chi connectivity index (χ0v) is 21.2. The van der Waals surface area contributed by atoms with Crippen molar-refractivity contribution in [3.8, 4) is 0 Å². The van der Waals surface area contributed by atoms with Crippen LogP contribution in [0.15, 0.2) is 84.9 Å². The van der Waals surface area contributed by atoms with E-state index in [9.17, 15) is 15.1 Å². The van der Waals surface area contributed by atoms with Gasteiger partial charge in [-0.15, -0.1) is 0 Å². The molecule has 0 saturated carbocycles. The van der Waals surface area contributed by atoms with Gasteiger partial charge in [0.15, 0.2) is 0 Å². The minimum absolute atomic E-state index is 0.176. The quantitative estimate of drug-likeness (QED) is 0.230. The van der Waals surface area contributed by atoms with E-state index in [1.165, 1.54) is 28.7 Å². The Balaban J connectivity index is 0.000000244. The Bertz CT molecular complexity index is 1250. The maximum Gasteiger partial charge on any atom is 0.359 e. The summed E-state index contributed by atoms with van der Waals surface area (Å²) in [7, 11) is -5.13. The number of fused-ring (bicyclic) bond motifs is 2. The molecule has 156 valence electrons. The monoisotopic (exact) mass is 710 g/mol. The van der Waals surface area contributed by atoms with Gasteiger partial charge >= 0.3 is 73.9 Å². The summed E-state index contributed by atoms with van der Waals surface area (Å²) in [5, 5.41) is 5.49. The molecule has 0 atom stereocenters. The van der Waals surface area contributed by atoms with Gasteiger partial charge in [0.25, 0.3) is 0 Å². The van der Waals surface area contributed by atoms with Gasteiger partial charge in [0.05, 0.1) is 0 Å². The van der Waals surface area contributed by atoms with Crippen molar-refractivity contribution in [2.75, 3.05) is 0 Å². The molecule has 0 aliphatic carbocycles. The fourth-order valence-electron chi connectivity index (χ4n) is 2.77. The molecule has 4 aromatic rings. The normalized spacial score (nSPS) is 11.8. The standard InChI is InChI=1S/C20H14I.H3O4P.3O.W/c1-3-11-17-15(7-1)9-5-13-19(17)21-20-14-6-10-16-8-2-4-12-18(16)20;1-5(2,3)4;;;;/h1-14H;(H3,1,2,3,4);;;;/q+1;;;;-1;+1/p-1. The first-order chi connectivity index (χ1) is 14.1. The number of benzene rings is 4. The molecule has 4 aromatic carbocycles. The average Bonchev–Trinajstić information content (AvgIpc) is 2.66. The fraction of sp³-hybridized carbons (Fsp3) is 0. The zero-order valence-electron chi connectivity index (χ0n) is 15.3. The number of phosphoric acid groups is 1. The Hall–Kier alpha value is -1.51. The van der Waals surface area contributed by atoms with Crippen LogP contribution >= 0.6 is 7.82 Å².